The molecule has 0 aliphatic carbocycles. The van der Waals surface area contributed by atoms with Crippen LogP contribution in [0.2, 0.25) is 0 Å². The third-order valence-electron chi connectivity index (χ3n) is 1.32. The largest absolute Gasteiger partial charge is 0.379 e. The maximum absolute atomic E-state index is 10.6. The average Bonchev–Trinajstić information content (AvgIpc) is 2.04. The van der Waals surface area contributed by atoms with Gasteiger partial charge in [0, 0.05) is 18.0 Å². The van der Waals surface area contributed by atoms with E-state index < -0.39 is 24.3 Å². The Morgan fingerprint density at radius 1 is 1.33 bits per heavy atom. The molecule has 1 N–H and O–H groups in total. The molecule has 0 aromatic rings. The highest BCUT2D eigenvalue weighted by atomic mass is 16.3. The molecule has 0 aromatic carbocycles. The molecule has 6 heteroatoms. The van der Waals surface area contributed by atoms with Crippen LogP contribution in [-0.2, 0) is 14.4 Å². The predicted octanol–water partition coefficient (Wildman–Crippen LogP) is -0.812. The standard InChI is InChI=1S/C6H7NO5/c8-3-1-6(11,2-4-9)5(10)7-12/h3-4,11H,1-2H2. The summed E-state index contributed by atoms with van der Waals surface area (Å²) in [5.74, 6) is -1.40. The van der Waals surface area contributed by atoms with E-state index >= 15 is 0 Å². The molecule has 0 aromatic heterocycles. The lowest BCUT2D eigenvalue weighted by Gasteiger charge is -2.16. The molecule has 0 unspecified atom stereocenters. The molecule has 1 amide bonds. The maximum atomic E-state index is 10.6. The Kier molecular flexibility index (Phi) is 3.92. The molecule has 66 valence electrons. The molecule has 6 nitrogen and oxygen atoms in total. The molecule has 0 rings (SSSR count). The van der Waals surface area contributed by atoms with Crippen molar-refractivity contribution >= 4 is 18.5 Å². The van der Waals surface area contributed by atoms with Crippen molar-refractivity contribution in [3.8, 4) is 0 Å². The first-order valence-electron chi connectivity index (χ1n) is 3.08. The van der Waals surface area contributed by atoms with Gasteiger partial charge in [-0.15, -0.1) is 4.91 Å². The molecule has 12 heavy (non-hydrogen) atoms. The summed E-state index contributed by atoms with van der Waals surface area (Å²) in [6.07, 6.45) is -0.716. The van der Waals surface area contributed by atoms with Gasteiger partial charge in [0.1, 0.15) is 12.6 Å². The molecule has 0 aliphatic rings. The van der Waals surface area contributed by atoms with Gasteiger partial charge in [0.15, 0.2) is 5.60 Å². The summed E-state index contributed by atoms with van der Waals surface area (Å²) >= 11 is 0. The smallest absolute Gasteiger partial charge is 0.318 e. The highest BCUT2D eigenvalue weighted by Gasteiger charge is 2.36. The van der Waals surface area contributed by atoms with Gasteiger partial charge in [-0.05, 0) is 0 Å². The van der Waals surface area contributed by atoms with Gasteiger partial charge in [0.25, 0.3) is 0 Å². The zero-order valence-corrected chi connectivity index (χ0v) is 6.10. The molecule has 0 fully saturated rings. The zero-order valence-electron chi connectivity index (χ0n) is 6.10. The topological polar surface area (TPSA) is 101 Å². The van der Waals surface area contributed by atoms with Gasteiger partial charge in [-0.1, -0.05) is 0 Å². The third kappa shape index (κ3) is 2.31. The van der Waals surface area contributed by atoms with E-state index in [1.165, 1.54) is 0 Å². The van der Waals surface area contributed by atoms with E-state index in [1.807, 2.05) is 5.18 Å². The van der Waals surface area contributed by atoms with E-state index in [-0.39, 0.29) is 12.6 Å². The van der Waals surface area contributed by atoms with Crippen LogP contribution in [0.5, 0.6) is 0 Å². The Morgan fingerprint density at radius 2 is 1.75 bits per heavy atom. The fraction of sp³-hybridized carbons (Fsp3) is 0.500. The summed E-state index contributed by atoms with van der Waals surface area (Å²) < 4.78 is 0. The molecule has 0 radical (unpaired) electrons. The number of hydrogen-bond acceptors (Lipinski definition) is 5. The van der Waals surface area contributed by atoms with E-state index in [0.29, 0.717) is 0 Å². The average molecular weight is 173 g/mol. The van der Waals surface area contributed by atoms with Gasteiger partial charge in [-0.3, -0.25) is 4.79 Å². The van der Waals surface area contributed by atoms with Crippen molar-refractivity contribution in [2.45, 2.75) is 18.4 Å². The number of nitroso groups, excluding NO2 is 1. The number of aliphatic hydroxyl groups is 1. The van der Waals surface area contributed by atoms with Crippen LogP contribution in [0.4, 0.5) is 0 Å². The Bertz CT molecular complexity index is 202. The van der Waals surface area contributed by atoms with Crippen LogP contribution in [0, 0.1) is 4.91 Å². The number of amides is 1. The van der Waals surface area contributed by atoms with Crippen molar-refractivity contribution in [1.29, 1.82) is 0 Å². The van der Waals surface area contributed by atoms with Gasteiger partial charge < -0.3 is 14.7 Å². The van der Waals surface area contributed by atoms with Crippen molar-refractivity contribution in [2.24, 2.45) is 5.18 Å². The number of rotatable bonds is 5. The summed E-state index contributed by atoms with van der Waals surface area (Å²) in [6.45, 7) is 0. The third-order valence-corrected chi connectivity index (χ3v) is 1.32. The molecule has 0 saturated carbocycles. The molecular formula is C6H7NO5. The zero-order chi connectivity index (χ0) is 9.61. The van der Waals surface area contributed by atoms with Gasteiger partial charge in [-0.25, -0.2) is 0 Å². The van der Waals surface area contributed by atoms with E-state index in [0.717, 1.165) is 0 Å². The summed E-state index contributed by atoms with van der Waals surface area (Å²) in [5.41, 5.74) is -2.24. The van der Waals surface area contributed by atoms with E-state index in [9.17, 15) is 24.4 Å². The quantitative estimate of drug-likeness (QED) is 0.432. The molecule has 0 spiro atoms. The van der Waals surface area contributed by atoms with Gasteiger partial charge in [-0.2, -0.15) is 0 Å². The van der Waals surface area contributed by atoms with Crippen LogP contribution in [-0.4, -0.2) is 29.2 Å². The number of nitrogens with zero attached hydrogens (tertiary/aromatic N) is 1. The lowest BCUT2D eigenvalue weighted by Crippen LogP contribution is -2.38. The first-order chi connectivity index (χ1) is 5.60. The predicted molar refractivity (Wildman–Crippen MR) is 37.1 cm³/mol. The number of hydrogen-bond donors (Lipinski definition) is 1. The van der Waals surface area contributed by atoms with Crippen molar-refractivity contribution < 1.29 is 19.5 Å². The number of aldehydes is 2. The fourth-order valence-corrected chi connectivity index (χ4v) is 0.619. The van der Waals surface area contributed by atoms with Crippen LogP contribution in [0.25, 0.3) is 0 Å². The van der Waals surface area contributed by atoms with Crippen LogP contribution in [0.3, 0.4) is 0 Å². The van der Waals surface area contributed by atoms with Crippen LogP contribution in [0.1, 0.15) is 12.8 Å². The fourth-order valence-electron chi connectivity index (χ4n) is 0.619. The second kappa shape index (κ2) is 4.45. The van der Waals surface area contributed by atoms with Crippen molar-refractivity contribution in [2.75, 3.05) is 0 Å². The SMILES string of the molecule is O=CCC(O)(CC=O)C(=O)N=O. The van der Waals surface area contributed by atoms with Crippen molar-refractivity contribution in [3.63, 3.8) is 0 Å². The van der Waals surface area contributed by atoms with E-state index in [4.69, 9.17) is 0 Å². The van der Waals surface area contributed by atoms with Gasteiger partial charge in [0.2, 0.25) is 0 Å². The lowest BCUT2D eigenvalue weighted by molar-refractivity contribution is -0.141. The minimum Gasteiger partial charge on any atom is -0.379 e. The Labute approximate surface area is 67.5 Å². The minimum absolute atomic E-state index is 0.243. The van der Waals surface area contributed by atoms with E-state index in [2.05, 4.69) is 0 Å². The summed E-state index contributed by atoms with van der Waals surface area (Å²) in [5, 5.41) is 11.1. The Morgan fingerprint density at radius 3 is 2.00 bits per heavy atom. The first-order valence-corrected chi connectivity index (χ1v) is 3.08. The monoisotopic (exact) mass is 173 g/mol. The normalized spacial score (nSPS) is 10.4. The van der Waals surface area contributed by atoms with Crippen molar-refractivity contribution in [1.82, 2.24) is 0 Å². The maximum Gasteiger partial charge on any atom is 0.318 e. The molecule has 0 bridgehead atoms. The summed E-state index contributed by atoms with van der Waals surface area (Å²) in [6, 6.07) is 0. The highest BCUT2D eigenvalue weighted by molar-refractivity contribution is 5.89. The Hall–Kier alpha value is -1.43. The lowest BCUT2D eigenvalue weighted by atomic mass is 9.96. The van der Waals surface area contributed by atoms with Crippen LogP contribution >= 0.6 is 0 Å². The van der Waals surface area contributed by atoms with Gasteiger partial charge >= 0.3 is 5.91 Å². The summed E-state index contributed by atoms with van der Waals surface area (Å²) in [7, 11) is 0. The summed E-state index contributed by atoms with van der Waals surface area (Å²) in [4.78, 5) is 40.2. The molecule has 0 saturated heterocycles. The van der Waals surface area contributed by atoms with E-state index in [1.54, 1.807) is 0 Å². The molecular weight excluding hydrogens is 166 g/mol. The van der Waals surface area contributed by atoms with Crippen molar-refractivity contribution in [3.05, 3.63) is 4.91 Å². The molecule has 0 aliphatic heterocycles. The highest BCUT2D eigenvalue weighted by Crippen LogP contribution is 2.14. The Balaban J connectivity index is 4.57. The molecule has 0 heterocycles. The second-order valence-electron chi connectivity index (χ2n) is 2.17. The second-order valence-corrected chi connectivity index (χ2v) is 2.17. The minimum atomic E-state index is -2.24. The number of carbonyl (C=O) groups excluding carboxylic acids is 3. The number of carbonyl (C=O) groups is 3. The van der Waals surface area contributed by atoms with Crippen LogP contribution < -0.4 is 0 Å². The van der Waals surface area contributed by atoms with Gasteiger partial charge in [0.05, 0.1) is 0 Å². The first kappa shape index (κ1) is 10.6. The van der Waals surface area contributed by atoms with Crippen LogP contribution in [0.15, 0.2) is 5.18 Å². The molecule has 0 atom stereocenters.